The zero-order valence-electron chi connectivity index (χ0n) is 19.1. The van der Waals surface area contributed by atoms with Gasteiger partial charge in [0.15, 0.2) is 11.4 Å². The van der Waals surface area contributed by atoms with Crippen molar-refractivity contribution in [1.29, 1.82) is 0 Å². The maximum absolute atomic E-state index is 14.7. The standard InChI is InChI=1S/C23H19F5N4O5/c1-2-17(23(26,27)28)29-22(36)37-16-10-32(14-5-3-11(24)9-13(14)25)20-12(19(16)34)4-6-18(30-20)31-8-7-15(33)21(31)35/h3-6,9-10,15,17,33H,2,7-8H2,1H3,(H,29,36)/t15?,17-/m1/s1. The monoisotopic (exact) mass is 526 g/mol. The van der Waals surface area contributed by atoms with Gasteiger partial charge in [0.1, 0.15) is 29.6 Å². The van der Waals surface area contributed by atoms with E-state index in [1.807, 2.05) is 0 Å². The molecule has 1 aliphatic rings. The molecule has 2 atom stereocenters. The van der Waals surface area contributed by atoms with Crippen LogP contribution in [0.5, 0.6) is 5.75 Å². The van der Waals surface area contributed by atoms with Crippen molar-refractivity contribution in [2.45, 2.75) is 38.1 Å². The zero-order chi connectivity index (χ0) is 27.1. The fourth-order valence-corrected chi connectivity index (χ4v) is 3.83. The predicted molar refractivity (Wildman–Crippen MR) is 120 cm³/mol. The third-order valence-electron chi connectivity index (χ3n) is 5.72. The number of carbonyl (C=O) groups is 2. The van der Waals surface area contributed by atoms with Crippen molar-refractivity contribution >= 4 is 28.9 Å². The largest absolute Gasteiger partial charge is 0.413 e. The first-order valence-corrected chi connectivity index (χ1v) is 11.0. The number of benzene rings is 1. The van der Waals surface area contributed by atoms with Crippen molar-refractivity contribution in [2.24, 2.45) is 0 Å². The molecule has 1 aromatic carbocycles. The maximum Gasteiger partial charge on any atom is 0.413 e. The molecular weight excluding hydrogens is 507 g/mol. The zero-order valence-corrected chi connectivity index (χ0v) is 19.1. The highest BCUT2D eigenvalue weighted by Gasteiger charge is 2.40. The molecule has 1 fully saturated rings. The van der Waals surface area contributed by atoms with Gasteiger partial charge in [-0.1, -0.05) is 6.92 Å². The third-order valence-corrected chi connectivity index (χ3v) is 5.72. The number of alkyl halides is 3. The topological polar surface area (TPSA) is 114 Å². The second-order valence-corrected chi connectivity index (χ2v) is 8.16. The number of anilines is 1. The fourth-order valence-electron chi connectivity index (χ4n) is 3.83. The number of pyridine rings is 2. The first-order valence-electron chi connectivity index (χ1n) is 11.0. The van der Waals surface area contributed by atoms with Gasteiger partial charge in [-0.2, -0.15) is 13.2 Å². The Labute approximate surface area is 205 Å². The Morgan fingerprint density at radius 2 is 1.97 bits per heavy atom. The minimum absolute atomic E-state index is 0.0205. The molecule has 0 saturated carbocycles. The van der Waals surface area contributed by atoms with Crippen LogP contribution in [0.15, 0.2) is 41.3 Å². The maximum atomic E-state index is 14.7. The van der Waals surface area contributed by atoms with Gasteiger partial charge in [-0.05, 0) is 30.7 Å². The van der Waals surface area contributed by atoms with Crippen LogP contribution >= 0.6 is 0 Å². The lowest BCUT2D eigenvalue weighted by atomic mass is 10.2. The molecule has 2 N–H and O–H groups in total. The van der Waals surface area contributed by atoms with E-state index in [1.54, 1.807) is 5.32 Å². The molecule has 0 aliphatic carbocycles. The number of ether oxygens (including phenoxy) is 1. The van der Waals surface area contributed by atoms with Gasteiger partial charge in [0, 0.05) is 19.0 Å². The molecule has 14 heteroatoms. The van der Waals surface area contributed by atoms with Crippen molar-refractivity contribution in [3.05, 3.63) is 58.4 Å². The highest BCUT2D eigenvalue weighted by atomic mass is 19.4. The highest BCUT2D eigenvalue weighted by Crippen LogP contribution is 2.27. The van der Waals surface area contributed by atoms with E-state index in [-0.39, 0.29) is 35.5 Å². The number of amides is 2. The lowest BCUT2D eigenvalue weighted by molar-refractivity contribution is -0.154. The summed E-state index contributed by atoms with van der Waals surface area (Å²) in [4.78, 5) is 42.9. The molecule has 196 valence electrons. The fraction of sp³-hybridized carbons (Fsp3) is 0.304. The Balaban J connectivity index is 1.84. The molecule has 37 heavy (non-hydrogen) atoms. The smallest absolute Gasteiger partial charge is 0.405 e. The van der Waals surface area contributed by atoms with E-state index in [4.69, 9.17) is 4.74 Å². The summed E-state index contributed by atoms with van der Waals surface area (Å²) < 4.78 is 73.1. The SMILES string of the molecule is CC[C@@H](NC(=O)Oc1cn(-c2ccc(F)cc2F)c2nc(N3CCC(O)C3=O)ccc2c1=O)C(F)(F)F. The summed E-state index contributed by atoms with van der Waals surface area (Å²) in [5.41, 5.74) is -1.52. The van der Waals surface area contributed by atoms with Crippen LogP contribution in [0.4, 0.5) is 32.6 Å². The molecule has 0 radical (unpaired) electrons. The first-order chi connectivity index (χ1) is 17.4. The molecule has 3 heterocycles. The van der Waals surface area contributed by atoms with Crippen LogP contribution in [0, 0.1) is 11.6 Å². The van der Waals surface area contributed by atoms with E-state index in [0.29, 0.717) is 6.07 Å². The predicted octanol–water partition coefficient (Wildman–Crippen LogP) is 3.19. The Kier molecular flexibility index (Phi) is 6.86. The number of fused-ring (bicyclic) bond motifs is 1. The van der Waals surface area contributed by atoms with E-state index in [0.717, 1.165) is 27.8 Å². The van der Waals surface area contributed by atoms with E-state index in [9.17, 15) is 41.4 Å². The molecule has 4 rings (SSSR count). The molecule has 1 unspecified atom stereocenters. The van der Waals surface area contributed by atoms with Crippen LogP contribution in [-0.4, -0.2) is 51.5 Å². The van der Waals surface area contributed by atoms with Gasteiger partial charge in [-0.3, -0.25) is 19.1 Å². The molecule has 0 bridgehead atoms. The van der Waals surface area contributed by atoms with Gasteiger partial charge >= 0.3 is 12.3 Å². The Bertz CT molecular complexity index is 1440. The number of aliphatic hydroxyl groups excluding tert-OH is 1. The van der Waals surface area contributed by atoms with E-state index in [1.165, 1.54) is 19.1 Å². The summed E-state index contributed by atoms with van der Waals surface area (Å²) in [6.07, 6.45) is -7.13. The Morgan fingerprint density at radius 1 is 1.24 bits per heavy atom. The lowest BCUT2D eigenvalue weighted by Crippen LogP contribution is -2.46. The molecule has 1 saturated heterocycles. The Hall–Kier alpha value is -4.07. The van der Waals surface area contributed by atoms with Crippen LogP contribution in [0.1, 0.15) is 19.8 Å². The van der Waals surface area contributed by atoms with Gasteiger partial charge in [0.2, 0.25) is 5.43 Å². The van der Waals surface area contributed by atoms with Gasteiger partial charge in [0.25, 0.3) is 5.91 Å². The number of hydrogen-bond donors (Lipinski definition) is 2. The summed E-state index contributed by atoms with van der Waals surface area (Å²) in [5, 5.41) is 11.1. The minimum atomic E-state index is -4.77. The number of halogens is 5. The number of hydrogen-bond acceptors (Lipinski definition) is 6. The molecule has 9 nitrogen and oxygen atoms in total. The summed E-state index contributed by atoms with van der Waals surface area (Å²) in [6.45, 7) is 1.30. The summed E-state index contributed by atoms with van der Waals surface area (Å²) in [6, 6.07) is 2.70. The number of rotatable bonds is 5. The Morgan fingerprint density at radius 3 is 2.57 bits per heavy atom. The van der Waals surface area contributed by atoms with Crippen LogP contribution < -0.4 is 20.4 Å². The van der Waals surface area contributed by atoms with E-state index >= 15 is 0 Å². The number of nitrogens with zero attached hydrogens (tertiary/aromatic N) is 3. The van der Waals surface area contributed by atoms with Crippen molar-refractivity contribution in [3.8, 4) is 11.4 Å². The van der Waals surface area contributed by atoms with Crippen LogP contribution in [0.2, 0.25) is 0 Å². The highest BCUT2D eigenvalue weighted by molar-refractivity contribution is 5.98. The first kappa shape index (κ1) is 26.0. The molecule has 3 aromatic rings. The van der Waals surface area contributed by atoms with Crippen molar-refractivity contribution in [1.82, 2.24) is 14.9 Å². The minimum Gasteiger partial charge on any atom is -0.405 e. The summed E-state index contributed by atoms with van der Waals surface area (Å²) in [5.74, 6) is -3.38. The van der Waals surface area contributed by atoms with Gasteiger partial charge < -0.3 is 15.2 Å². The normalized spacial score (nSPS) is 16.8. The average molecular weight is 526 g/mol. The number of carbonyl (C=O) groups excluding carboxylic acids is 2. The molecule has 2 aromatic heterocycles. The van der Waals surface area contributed by atoms with E-state index in [2.05, 4.69) is 4.98 Å². The average Bonchev–Trinajstić information content (AvgIpc) is 3.16. The van der Waals surface area contributed by atoms with Crippen molar-refractivity contribution in [3.63, 3.8) is 0 Å². The molecule has 1 aliphatic heterocycles. The molecule has 2 amide bonds. The van der Waals surface area contributed by atoms with Crippen molar-refractivity contribution < 1.29 is 41.4 Å². The summed E-state index contributed by atoms with van der Waals surface area (Å²) >= 11 is 0. The summed E-state index contributed by atoms with van der Waals surface area (Å²) in [7, 11) is 0. The van der Waals surface area contributed by atoms with Gasteiger partial charge in [-0.25, -0.2) is 18.6 Å². The van der Waals surface area contributed by atoms with Gasteiger partial charge in [0.05, 0.1) is 17.3 Å². The number of aromatic nitrogens is 2. The number of aliphatic hydroxyl groups is 1. The van der Waals surface area contributed by atoms with Crippen LogP contribution in [0.3, 0.4) is 0 Å². The molecular formula is C23H19F5N4O5. The van der Waals surface area contributed by atoms with Gasteiger partial charge in [-0.15, -0.1) is 0 Å². The number of nitrogens with one attached hydrogen (secondary N) is 1. The second kappa shape index (κ2) is 9.76. The molecule has 0 spiro atoms. The van der Waals surface area contributed by atoms with E-state index < -0.39 is 59.6 Å². The van der Waals surface area contributed by atoms with Crippen molar-refractivity contribution in [2.75, 3.05) is 11.4 Å². The van der Waals surface area contributed by atoms with Crippen LogP contribution in [0.25, 0.3) is 16.7 Å². The van der Waals surface area contributed by atoms with Crippen LogP contribution in [-0.2, 0) is 4.79 Å². The third kappa shape index (κ3) is 5.09. The lowest BCUT2D eigenvalue weighted by Gasteiger charge is -2.20. The second-order valence-electron chi connectivity index (χ2n) is 8.16. The quantitative estimate of drug-likeness (QED) is 0.494.